The van der Waals surface area contributed by atoms with Crippen LogP contribution in [0.2, 0.25) is 0 Å². The second kappa shape index (κ2) is 8.25. The van der Waals surface area contributed by atoms with Crippen molar-refractivity contribution in [1.82, 2.24) is 15.5 Å². The van der Waals surface area contributed by atoms with Crippen LogP contribution in [0, 0.1) is 0 Å². The van der Waals surface area contributed by atoms with Crippen LogP contribution < -0.4 is 10.1 Å². The summed E-state index contributed by atoms with van der Waals surface area (Å²) in [5, 5.41) is 6.83. The van der Waals surface area contributed by atoms with Gasteiger partial charge in [0, 0.05) is 5.56 Å². The summed E-state index contributed by atoms with van der Waals surface area (Å²) in [6.45, 7) is 8.21. The third-order valence-electron chi connectivity index (χ3n) is 4.31. The molecule has 0 spiro atoms. The van der Waals surface area contributed by atoms with Gasteiger partial charge in [-0.15, -0.1) is 0 Å². The highest BCUT2D eigenvalue weighted by molar-refractivity contribution is 5.77. The quantitative estimate of drug-likeness (QED) is 0.691. The molecule has 1 amide bonds. The van der Waals surface area contributed by atoms with Crippen LogP contribution in [0.25, 0.3) is 11.4 Å². The third-order valence-corrected chi connectivity index (χ3v) is 4.31. The maximum absolute atomic E-state index is 12.1. The van der Waals surface area contributed by atoms with Gasteiger partial charge in [-0.1, -0.05) is 68.4 Å². The predicted octanol–water partition coefficient (Wildman–Crippen LogP) is 4.29. The van der Waals surface area contributed by atoms with Crippen molar-refractivity contribution in [2.45, 2.75) is 39.2 Å². The molecule has 0 aliphatic rings. The fraction of sp³-hybridized carbons (Fsp3) is 0.318. The van der Waals surface area contributed by atoms with Crippen LogP contribution in [0.1, 0.15) is 45.2 Å². The fourth-order valence-corrected chi connectivity index (χ4v) is 2.66. The molecular formula is C22H25N3O3. The number of amides is 1. The van der Waals surface area contributed by atoms with Gasteiger partial charge in [-0.2, -0.15) is 4.98 Å². The standard InChI is InChI=1S/C22H25N3O3/c1-15(23-19(26)14-27-18-8-6-5-7-9-18)21-24-20(25-28-21)16-10-12-17(13-11-16)22(2,3)4/h5-13,15H,14H2,1-4H3,(H,23,26)/t15-/m1/s1. The molecule has 3 rings (SSSR count). The summed E-state index contributed by atoms with van der Waals surface area (Å²) < 4.78 is 10.8. The Bertz CT molecular complexity index is 912. The first-order valence-corrected chi connectivity index (χ1v) is 9.24. The Kier molecular flexibility index (Phi) is 5.78. The molecule has 6 heteroatoms. The van der Waals surface area contributed by atoms with Gasteiger partial charge in [-0.05, 0) is 30.0 Å². The Morgan fingerprint density at radius 2 is 1.79 bits per heavy atom. The molecule has 1 heterocycles. The topological polar surface area (TPSA) is 77.2 Å². The molecule has 0 radical (unpaired) electrons. The summed E-state index contributed by atoms with van der Waals surface area (Å²) in [5.74, 6) is 1.23. The van der Waals surface area contributed by atoms with Crippen molar-refractivity contribution in [3.05, 3.63) is 66.1 Å². The molecule has 0 unspecified atom stereocenters. The smallest absolute Gasteiger partial charge is 0.258 e. The number of benzene rings is 2. The zero-order valence-electron chi connectivity index (χ0n) is 16.6. The Hall–Kier alpha value is -3.15. The van der Waals surface area contributed by atoms with Gasteiger partial charge in [-0.25, -0.2) is 0 Å². The number of carbonyl (C=O) groups excluding carboxylic acids is 1. The number of rotatable bonds is 6. The zero-order chi connectivity index (χ0) is 20.1. The second-order valence-electron chi connectivity index (χ2n) is 7.67. The highest BCUT2D eigenvalue weighted by atomic mass is 16.5. The van der Waals surface area contributed by atoms with Crippen molar-refractivity contribution in [2.24, 2.45) is 0 Å². The van der Waals surface area contributed by atoms with Gasteiger partial charge in [0.25, 0.3) is 5.91 Å². The number of hydrogen-bond acceptors (Lipinski definition) is 5. The minimum absolute atomic E-state index is 0.0797. The number of nitrogens with zero attached hydrogens (tertiary/aromatic N) is 2. The van der Waals surface area contributed by atoms with Crippen LogP contribution >= 0.6 is 0 Å². The maximum atomic E-state index is 12.1. The minimum Gasteiger partial charge on any atom is -0.484 e. The Morgan fingerprint density at radius 3 is 2.43 bits per heavy atom. The van der Waals surface area contributed by atoms with Crippen LogP contribution in [0.15, 0.2) is 59.1 Å². The fourth-order valence-electron chi connectivity index (χ4n) is 2.66. The largest absolute Gasteiger partial charge is 0.484 e. The summed E-state index contributed by atoms with van der Waals surface area (Å²) in [7, 11) is 0. The van der Waals surface area contributed by atoms with Crippen molar-refractivity contribution >= 4 is 5.91 Å². The van der Waals surface area contributed by atoms with Crippen LogP contribution in [0.4, 0.5) is 0 Å². The number of carbonyl (C=O) groups is 1. The van der Waals surface area contributed by atoms with Crippen LogP contribution in [-0.2, 0) is 10.2 Å². The summed E-state index contributed by atoms with van der Waals surface area (Å²) in [6.07, 6.45) is 0. The van der Waals surface area contributed by atoms with Crippen molar-refractivity contribution in [3.63, 3.8) is 0 Å². The van der Waals surface area contributed by atoms with Crippen molar-refractivity contribution in [3.8, 4) is 17.1 Å². The average Bonchev–Trinajstić information content (AvgIpc) is 3.17. The molecule has 6 nitrogen and oxygen atoms in total. The van der Waals surface area contributed by atoms with E-state index < -0.39 is 6.04 Å². The third kappa shape index (κ3) is 4.97. The normalized spacial score (nSPS) is 12.4. The molecule has 3 aromatic rings. The van der Waals surface area contributed by atoms with Gasteiger partial charge in [0.05, 0.1) is 0 Å². The van der Waals surface area contributed by atoms with E-state index in [9.17, 15) is 4.79 Å². The maximum Gasteiger partial charge on any atom is 0.258 e. The number of nitrogens with one attached hydrogen (secondary N) is 1. The van der Waals surface area contributed by atoms with Crippen LogP contribution in [-0.4, -0.2) is 22.7 Å². The van der Waals surface area contributed by atoms with E-state index in [-0.39, 0.29) is 17.9 Å². The monoisotopic (exact) mass is 379 g/mol. The molecule has 0 aliphatic carbocycles. The SMILES string of the molecule is C[C@@H](NC(=O)COc1ccccc1)c1nc(-c2ccc(C(C)(C)C)cc2)no1. The van der Waals surface area contributed by atoms with Gasteiger partial charge < -0.3 is 14.6 Å². The lowest BCUT2D eigenvalue weighted by Gasteiger charge is -2.18. The van der Waals surface area contributed by atoms with Crippen molar-refractivity contribution in [1.29, 1.82) is 0 Å². The molecular weight excluding hydrogens is 354 g/mol. The molecule has 0 saturated heterocycles. The summed E-state index contributed by atoms with van der Waals surface area (Å²) in [5.41, 5.74) is 2.19. The highest BCUT2D eigenvalue weighted by Gasteiger charge is 2.18. The van der Waals surface area contributed by atoms with Crippen LogP contribution in [0.3, 0.4) is 0 Å². The number of ether oxygens (including phenoxy) is 1. The lowest BCUT2D eigenvalue weighted by molar-refractivity contribution is -0.123. The second-order valence-corrected chi connectivity index (χ2v) is 7.67. The van der Waals surface area contributed by atoms with Crippen LogP contribution in [0.5, 0.6) is 5.75 Å². The molecule has 0 saturated carbocycles. The van der Waals surface area contributed by atoms with E-state index in [1.807, 2.05) is 30.3 Å². The van der Waals surface area contributed by atoms with E-state index in [2.05, 4.69) is 48.4 Å². The molecule has 0 aliphatic heterocycles. The van der Waals surface area contributed by atoms with Gasteiger partial charge in [0.15, 0.2) is 6.61 Å². The molecule has 1 aromatic heterocycles. The van der Waals surface area contributed by atoms with E-state index in [0.29, 0.717) is 17.5 Å². The average molecular weight is 379 g/mol. The van der Waals surface area contributed by atoms with Gasteiger partial charge >= 0.3 is 0 Å². The zero-order valence-corrected chi connectivity index (χ0v) is 16.6. The molecule has 1 N–H and O–H groups in total. The van der Waals surface area contributed by atoms with Crippen molar-refractivity contribution < 1.29 is 14.1 Å². The number of para-hydroxylation sites is 1. The summed E-state index contributed by atoms with van der Waals surface area (Å²) >= 11 is 0. The van der Waals surface area contributed by atoms with E-state index in [1.54, 1.807) is 19.1 Å². The van der Waals surface area contributed by atoms with Gasteiger partial charge in [0.1, 0.15) is 11.8 Å². The number of aromatic nitrogens is 2. The van der Waals surface area contributed by atoms with Gasteiger partial charge in [0.2, 0.25) is 11.7 Å². The first-order chi connectivity index (χ1) is 13.3. The molecule has 2 aromatic carbocycles. The highest BCUT2D eigenvalue weighted by Crippen LogP contribution is 2.25. The summed E-state index contributed by atoms with van der Waals surface area (Å²) in [6, 6.07) is 16.9. The van der Waals surface area contributed by atoms with E-state index >= 15 is 0 Å². The van der Waals surface area contributed by atoms with Crippen molar-refractivity contribution in [2.75, 3.05) is 6.61 Å². The Morgan fingerprint density at radius 1 is 1.11 bits per heavy atom. The van der Waals surface area contributed by atoms with E-state index in [0.717, 1.165) is 5.56 Å². The molecule has 28 heavy (non-hydrogen) atoms. The van der Waals surface area contributed by atoms with E-state index in [1.165, 1.54) is 5.56 Å². The lowest BCUT2D eigenvalue weighted by Crippen LogP contribution is -2.31. The number of hydrogen-bond donors (Lipinski definition) is 1. The predicted molar refractivity (Wildman–Crippen MR) is 107 cm³/mol. The lowest BCUT2D eigenvalue weighted by atomic mass is 9.87. The first-order valence-electron chi connectivity index (χ1n) is 9.24. The molecule has 146 valence electrons. The molecule has 0 bridgehead atoms. The molecule has 1 atom stereocenters. The first kappa shape index (κ1) is 19.6. The Balaban J connectivity index is 1.59. The molecule has 0 fully saturated rings. The van der Waals surface area contributed by atoms with Gasteiger partial charge in [-0.3, -0.25) is 4.79 Å². The minimum atomic E-state index is -0.415. The Labute approximate surface area is 164 Å². The van der Waals surface area contributed by atoms with E-state index in [4.69, 9.17) is 9.26 Å². The summed E-state index contributed by atoms with van der Waals surface area (Å²) in [4.78, 5) is 16.5.